The standard InChI is InChI=1S/C17H13N5O3S/c1-11(23)18-17-19-15(12-5-3-2-4-6-12)16(26-17)21-20-13-7-9-14(10-8-13)22(24)25/h2-10H,1H3,(H,18,19,23). The summed E-state index contributed by atoms with van der Waals surface area (Å²) in [4.78, 5) is 25.9. The predicted molar refractivity (Wildman–Crippen MR) is 99.1 cm³/mol. The Morgan fingerprint density at radius 1 is 1.12 bits per heavy atom. The lowest BCUT2D eigenvalue weighted by molar-refractivity contribution is -0.384. The van der Waals surface area contributed by atoms with Gasteiger partial charge >= 0.3 is 0 Å². The van der Waals surface area contributed by atoms with Gasteiger partial charge in [-0.25, -0.2) is 4.98 Å². The van der Waals surface area contributed by atoms with E-state index in [1.54, 1.807) is 0 Å². The molecule has 130 valence electrons. The first-order valence-corrected chi connectivity index (χ1v) is 8.34. The molecule has 9 heteroatoms. The Labute approximate surface area is 152 Å². The van der Waals surface area contributed by atoms with Crippen molar-refractivity contribution in [3.8, 4) is 11.3 Å². The van der Waals surface area contributed by atoms with Crippen molar-refractivity contribution >= 4 is 38.8 Å². The number of aromatic nitrogens is 1. The number of thiazole rings is 1. The van der Waals surface area contributed by atoms with Crippen molar-refractivity contribution in [1.29, 1.82) is 0 Å². The number of carbonyl (C=O) groups is 1. The zero-order chi connectivity index (χ0) is 18.5. The summed E-state index contributed by atoms with van der Waals surface area (Å²) in [6.07, 6.45) is 0. The van der Waals surface area contributed by atoms with Crippen molar-refractivity contribution in [2.45, 2.75) is 6.92 Å². The number of nitrogens with one attached hydrogen (secondary N) is 1. The van der Waals surface area contributed by atoms with E-state index in [4.69, 9.17) is 0 Å². The molecule has 0 spiro atoms. The summed E-state index contributed by atoms with van der Waals surface area (Å²) in [5.74, 6) is -0.225. The molecule has 3 aromatic rings. The maximum atomic E-state index is 11.3. The first kappa shape index (κ1) is 17.4. The van der Waals surface area contributed by atoms with Crippen molar-refractivity contribution in [2.75, 3.05) is 5.32 Å². The number of amides is 1. The molecular weight excluding hydrogens is 354 g/mol. The molecule has 26 heavy (non-hydrogen) atoms. The summed E-state index contributed by atoms with van der Waals surface area (Å²) in [5.41, 5.74) is 1.91. The van der Waals surface area contributed by atoms with Gasteiger partial charge in [0.05, 0.1) is 10.6 Å². The maximum Gasteiger partial charge on any atom is 0.269 e. The third-order valence-electron chi connectivity index (χ3n) is 3.26. The fourth-order valence-electron chi connectivity index (χ4n) is 2.11. The number of nitro benzene ring substituents is 1. The summed E-state index contributed by atoms with van der Waals surface area (Å²) in [6.45, 7) is 1.40. The van der Waals surface area contributed by atoms with Gasteiger partial charge in [0, 0.05) is 24.6 Å². The highest BCUT2D eigenvalue weighted by atomic mass is 32.1. The molecule has 3 rings (SSSR count). The smallest absolute Gasteiger partial charge is 0.269 e. The lowest BCUT2D eigenvalue weighted by Gasteiger charge is -1.97. The van der Waals surface area contributed by atoms with E-state index >= 15 is 0 Å². The van der Waals surface area contributed by atoms with E-state index in [9.17, 15) is 14.9 Å². The number of hydrogen-bond acceptors (Lipinski definition) is 7. The van der Waals surface area contributed by atoms with E-state index in [2.05, 4.69) is 20.5 Å². The van der Waals surface area contributed by atoms with Crippen LogP contribution in [0.1, 0.15) is 6.92 Å². The molecule has 1 N–H and O–H groups in total. The quantitative estimate of drug-likeness (QED) is 0.384. The minimum absolute atomic E-state index is 0.0142. The number of hydrogen-bond donors (Lipinski definition) is 1. The molecule has 2 aromatic carbocycles. The molecule has 0 atom stereocenters. The Bertz CT molecular complexity index is 968. The van der Waals surface area contributed by atoms with Gasteiger partial charge in [-0.2, -0.15) is 0 Å². The van der Waals surface area contributed by atoms with Gasteiger partial charge < -0.3 is 5.32 Å². The topological polar surface area (TPSA) is 110 Å². The zero-order valence-corrected chi connectivity index (χ0v) is 14.4. The second-order valence-corrected chi connectivity index (χ2v) is 6.17. The van der Waals surface area contributed by atoms with Gasteiger partial charge in [0.1, 0.15) is 5.69 Å². The Hall–Kier alpha value is -3.46. The highest BCUT2D eigenvalue weighted by Crippen LogP contribution is 2.39. The third kappa shape index (κ3) is 4.14. The van der Waals surface area contributed by atoms with Gasteiger partial charge in [0.2, 0.25) is 5.91 Å². The van der Waals surface area contributed by atoms with Crippen LogP contribution in [0.15, 0.2) is 64.8 Å². The molecule has 0 aliphatic rings. The minimum Gasteiger partial charge on any atom is -0.302 e. The number of anilines is 1. The molecule has 0 unspecified atom stereocenters. The maximum absolute atomic E-state index is 11.3. The van der Waals surface area contributed by atoms with Crippen LogP contribution in [-0.4, -0.2) is 15.8 Å². The first-order chi connectivity index (χ1) is 12.5. The predicted octanol–water partition coefficient (Wildman–Crippen LogP) is 5.09. The fourth-order valence-corrected chi connectivity index (χ4v) is 2.97. The number of nitro groups is 1. The second kappa shape index (κ2) is 7.62. The van der Waals surface area contributed by atoms with Gasteiger partial charge in [-0.1, -0.05) is 41.7 Å². The Morgan fingerprint density at radius 3 is 2.42 bits per heavy atom. The molecule has 0 saturated heterocycles. The fraction of sp³-hybridized carbons (Fsp3) is 0.0588. The van der Waals surface area contributed by atoms with Gasteiger partial charge in [-0.05, 0) is 12.1 Å². The molecule has 0 aliphatic carbocycles. The van der Waals surface area contributed by atoms with Gasteiger partial charge in [-0.15, -0.1) is 10.2 Å². The van der Waals surface area contributed by atoms with E-state index in [0.29, 0.717) is 21.5 Å². The van der Waals surface area contributed by atoms with Crippen LogP contribution in [-0.2, 0) is 4.79 Å². The van der Waals surface area contributed by atoms with Crippen LogP contribution in [0.3, 0.4) is 0 Å². The van der Waals surface area contributed by atoms with Crippen LogP contribution >= 0.6 is 11.3 Å². The lowest BCUT2D eigenvalue weighted by atomic mass is 10.2. The lowest BCUT2D eigenvalue weighted by Crippen LogP contribution is -2.04. The average Bonchev–Trinajstić information content (AvgIpc) is 3.03. The average molecular weight is 367 g/mol. The SMILES string of the molecule is CC(=O)Nc1nc(-c2ccccc2)c(N=Nc2ccc([N+](=O)[O-])cc2)s1. The number of carbonyl (C=O) groups excluding carboxylic acids is 1. The molecule has 1 heterocycles. The number of nitrogens with zero attached hydrogens (tertiary/aromatic N) is 4. The van der Waals surface area contributed by atoms with Crippen molar-refractivity contribution < 1.29 is 9.72 Å². The van der Waals surface area contributed by atoms with E-state index in [1.165, 1.54) is 42.5 Å². The Kier molecular flexibility index (Phi) is 5.09. The molecule has 0 fully saturated rings. The van der Waals surface area contributed by atoms with Gasteiger partial charge in [-0.3, -0.25) is 14.9 Å². The van der Waals surface area contributed by atoms with Crippen molar-refractivity contribution in [2.24, 2.45) is 10.2 Å². The molecule has 1 aromatic heterocycles. The monoisotopic (exact) mass is 367 g/mol. The Balaban J connectivity index is 1.93. The first-order valence-electron chi connectivity index (χ1n) is 7.53. The van der Waals surface area contributed by atoms with Gasteiger partial charge in [0.25, 0.3) is 5.69 Å². The highest BCUT2D eigenvalue weighted by Gasteiger charge is 2.14. The normalized spacial score (nSPS) is 10.8. The van der Waals surface area contributed by atoms with Crippen LogP contribution in [0, 0.1) is 10.1 Å². The van der Waals surface area contributed by atoms with Crippen LogP contribution in [0.25, 0.3) is 11.3 Å². The number of benzene rings is 2. The molecular formula is C17H13N5O3S. The van der Waals surface area contributed by atoms with E-state index in [-0.39, 0.29) is 11.6 Å². The van der Waals surface area contributed by atoms with Gasteiger partial charge in [0.15, 0.2) is 10.1 Å². The molecule has 0 aliphatic heterocycles. The van der Waals surface area contributed by atoms with Crippen LogP contribution in [0.4, 0.5) is 21.5 Å². The van der Waals surface area contributed by atoms with E-state index < -0.39 is 4.92 Å². The number of azo groups is 1. The second-order valence-electron chi connectivity index (χ2n) is 5.19. The third-order valence-corrected chi connectivity index (χ3v) is 4.11. The number of rotatable bonds is 5. The molecule has 0 bridgehead atoms. The summed E-state index contributed by atoms with van der Waals surface area (Å²) >= 11 is 1.20. The molecule has 1 amide bonds. The summed E-state index contributed by atoms with van der Waals surface area (Å²) < 4.78 is 0. The van der Waals surface area contributed by atoms with Crippen molar-refractivity contribution in [1.82, 2.24) is 4.98 Å². The largest absolute Gasteiger partial charge is 0.302 e. The number of non-ortho nitro benzene ring substituents is 1. The van der Waals surface area contributed by atoms with Crippen molar-refractivity contribution in [3.05, 3.63) is 64.7 Å². The van der Waals surface area contributed by atoms with E-state index in [0.717, 1.165) is 5.56 Å². The van der Waals surface area contributed by atoms with Crippen molar-refractivity contribution in [3.63, 3.8) is 0 Å². The van der Waals surface area contributed by atoms with Crippen LogP contribution < -0.4 is 5.32 Å². The summed E-state index contributed by atoms with van der Waals surface area (Å²) in [6, 6.07) is 15.2. The zero-order valence-electron chi connectivity index (χ0n) is 13.6. The Morgan fingerprint density at radius 2 is 1.81 bits per heavy atom. The summed E-state index contributed by atoms with van der Waals surface area (Å²) in [7, 11) is 0. The molecule has 0 radical (unpaired) electrons. The minimum atomic E-state index is -0.475. The molecule has 8 nitrogen and oxygen atoms in total. The summed E-state index contributed by atoms with van der Waals surface area (Å²) in [5, 5.41) is 22.6. The highest BCUT2D eigenvalue weighted by molar-refractivity contribution is 7.19. The van der Waals surface area contributed by atoms with Crippen LogP contribution in [0.5, 0.6) is 0 Å². The molecule has 0 saturated carbocycles. The van der Waals surface area contributed by atoms with Crippen LogP contribution in [0.2, 0.25) is 0 Å². The van der Waals surface area contributed by atoms with E-state index in [1.807, 2.05) is 30.3 Å².